The van der Waals surface area contributed by atoms with Crippen molar-refractivity contribution in [1.29, 1.82) is 0 Å². The number of hydrogen-bond donors (Lipinski definition) is 2. The lowest BCUT2D eigenvalue weighted by atomic mass is 9.76. The minimum absolute atomic E-state index is 0.208. The summed E-state index contributed by atoms with van der Waals surface area (Å²) < 4.78 is 0. The number of aromatic amines is 1. The molecule has 4 nitrogen and oxygen atoms in total. The third kappa shape index (κ3) is 1.81. The Kier molecular flexibility index (Phi) is 2.82. The van der Waals surface area contributed by atoms with E-state index in [4.69, 9.17) is 4.98 Å². The molecule has 0 spiro atoms. The van der Waals surface area contributed by atoms with Gasteiger partial charge in [0.05, 0.1) is 5.52 Å². The molecule has 18 heavy (non-hydrogen) atoms. The molecule has 0 unspecified atom stereocenters. The fraction of sp³-hybridized carbons (Fsp3) is 0.571. The molecular formula is C14H20N4. The van der Waals surface area contributed by atoms with Crippen molar-refractivity contribution in [1.82, 2.24) is 20.3 Å². The molecule has 1 fully saturated rings. The van der Waals surface area contributed by atoms with Gasteiger partial charge in [0.2, 0.25) is 0 Å². The van der Waals surface area contributed by atoms with Gasteiger partial charge in [0, 0.05) is 11.6 Å². The second-order valence-corrected chi connectivity index (χ2v) is 5.35. The summed E-state index contributed by atoms with van der Waals surface area (Å²) >= 11 is 0. The average molecular weight is 244 g/mol. The highest BCUT2D eigenvalue weighted by Crippen LogP contribution is 2.35. The average Bonchev–Trinajstić information content (AvgIpc) is 2.83. The van der Waals surface area contributed by atoms with Crippen LogP contribution in [-0.2, 0) is 5.41 Å². The van der Waals surface area contributed by atoms with Gasteiger partial charge in [0.25, 0.3) is 0 Å². The monoisotopic (exact) mass is 244 g/mol. The largest absolute Gasteiger partial charge is 0.340 e. The Labute approximate surface area is 107 Å². The molecule has 1 saturated heterocycles. The first kappa shape index (κ1) is 11.7. The highest BCUT2D eigenvalue weighted by atomic mass is 15.0. The first-order chi connectivity index (χ1) is 8.73. The fourth-order valence-corrected chi connectivity index (χ4v) is 2.92. The first-order valence-electron chi connectivity index (χ1n) is 6.77. The summed E-state index contributed by atoms with van der Waals surface area (Å²) in [4.78, 5) is 12.6. The van der Waals surface area contributed by atoms with Crippen LogP contribution in [0, 0.1) is 6.92 Å². The number of fused-ring (bicyclic) bond motifs is 1. The molecule has 0 aromatic carbocycles. The van der Waals surface area contributed by atoms with Gasteiger partial charge in [0.15, 0.2) is 5.65 Å². The van der Waals surface area contributed by atoms with E-state index in [0.29, 0.717) is 0 Å². The summed E-state index contributed by atoms with van der Waals surface area (Å²) in [6, 6.07) is 2.13. The van der Waals surface area contributed by atoms with Crippen LogP contribution in [0.5, 0.6) is 0 Å². The van der Waals surface area contributed by atoms with Crippen LogP contribution >= 0.6 is 0 Å². The number of nitrogens with zero attached hydrogens (tertiary/aromatic N) is 2. The van der Waals surface area contributed by atoms with Crippen LogP contribution in [0.15, 0.2) is 12.3 Å². The lowest BCUT2D eigenvalue weighted by Crippen LogP contribution is -2.40. The normalized spacial score (nSPS) is 19.2. The van der Waals surface area contributed by atoms with Crippen LogP contribution in [0.4, 0.5) is 0 Å². The van der Waals surface area contributed by atoms with Crippen LogP contribution in [0.2, 0.25) is 0 Å². The maximum Gasteiger partial charge on any atom is 0.177 e. The van der Waals surface area contributed by atoms with Crippen molar-refractivity contribution < 1.29 is 0 Å². The van der Waals surface area contributed by atoms with Gasteiger partial charge in [-0.2, -0.15) is 0 Å². The molecule has 3 rings (SSSR count). The summed E-state index contributed by atoms with van der Waals surface area (Å²) in [6.45, 7) is 6.49. The van der Waals surface area contributed by atoms with E-state index >= 15 is 0 Å². The molecule has 0 saturated carbocycles. The van der Waals surface area contributed by atoms with Crippen molar-refractivity contribution in [2.45, 2.75) is 38.5 Å². The predicted octanol–water partition coefficient (Wildman–Crippen LogP) is 2.30. The zero-order valence-corrected chi connectivity index (χ0v) is 11.1. The van der Waals surface area contributed by atoms with Gasteiger partial charge in [-0.05, 0) is 50.9 Å². The second kappa shape index (κ2) is 4.35. The lowest BCUT2D eigenvalue weighted by Gasteiger charge is -2.34. The molecule has 1 aliphatic heterocycles. The Hall–Kier alpha value is -1.42. The minimum atomic E-state index is 0.208. The number of aryl methyl sites for hydroxylation is 1. The topological polar surface area (TPSA) is 53.6 Å². The van der Waals surface area contributed by atoms with Gasteiger partial charge in [-0.25, -0.2) is 9.97 Å². The number of piperidine rings is 1. The van der Waals surface area contributed by atoms with Crippen molar-refractivity contribution in [3.63, 3.8) is 0 Å². The van der Waals surface area contributed by atoms with Gasteiger partial charge in [-0.3, -0.25) is 0 Å². The molecule has 3 heterocycles. The Morgan fingerprint density at radius 1 is 1.33 bits per heavy atom. The Morgan fingerprint density at radius 3 is 2.83 bits per heavy atom. The number of H-pyrrole nitrogens is 1. The smallest absolute Gasteiger partial charge is 0.177 e. The van der Waals surface area contributed by atoms with Gasteiger partial charge in [0.1, 0.15) is 5.82 Å². The van der Waals surface area contributed by atoms with E-state index < -0.39 is 0 Å². The van der Waals surface area contributed by atoms with Gasteiger partial charge in [-0.1, -0.05) is 6.92 Å². The molecule has 2 aromatic heterocycles. The van der Waals surface area contributed by atoms with Crippen LogP contribution in [-0.4, -0.2) is 28.0 Å². The van der Waals surface area contributed by atoms with E-state index in [-0.39, 0.29) is 5.41 Å². The zero-order chi connectivity index (χ0) is 12.6. The van der Waals surface area contributed by atoms with Crippen LogP contribution in [0.3, 0.4) is 0 Å². The van der Waals surface area contributed by atoms with E-state index in [9.17, 15) is 0 Å². The lowest BCUT2D eigenvalue weighted by molar-refractivity contribution is 0.285. The van der Waals surface area contributed by atoms with E-state index in [2.05, 4.69) is 35.2 Å². The summed E-state index contributed by atoms with van der Waals surface area (Å²) in [7, 11) is 0. The molecule has 2 N–H and O–H groups in total. The summed E-state index contributed by atoms with van der Waals surface area (Å²) in [5, 5.41) is 3.43. The summed E-state index contributed by atoms with van der Waals surface area (Å²) in [6.07, 6.45) is 5.33. The number of pyridine rings is 1. The molecule has 0 aliphatic carbocycles. The summed E-state index contributed by atoms with van der Waals surface area (Å²) in [5.74, 6) is 1.12. The third-order valence-corrected chi connectivity index (χ3v) is 4.21. The Morgan fingerprint density at radius 2 is 2.11 bits per heavy atom. The van der Waals surface area contributed by atoms with Crippen molar-refractivity contribution in [3.8, 4) is 0 Å². The molecule has 2 aromatic rings. The maximum absolute atomic E-state index is 4.73. The summed E-state index contributed by atoms with van der Waals surface area (Å²) in [5.41, 5.74) is 3.30. The highest BCUT2D eigenvalue weighted by molar-refractivity contribution is 5.71. The Bertz CT molecular complexity index is 552. The number of aromatic nitrogens is 3. The molecule has 4 heteroatoms. The fourth-order valence-electron chi connectivity index (χ4n) is 2.92. The van der Waals surface area contributed by atoms with Crippen molar-refractivity contribution >= 4 is 11.2 Å². The predicted molar refractivity (Wildman–Crippen MR) is 72.7 cm³/mol. The first-order valence-corrected chi connectivity index (χ1v) is 6.77. The molecule has 0 bridgehead atoms. The number of nitrogens with one attached hydrogen (secondary N) is 2. The molecule has 0 amide bonds. The Balaban J connectivity index is 2.06. The second-order valence-electron chi connectivity index (χ2n) is 5.35. The highest BCUT2D eigenvalue weighted by Gasteiger charge is 2.35. The number of hydrogen-bond acceptors (Lipinski definition) is 3. The minimum Gasteiger partial charge on any atom is -0.340 e. The van der Waals surface area contributed by atoms with E-state index in [1.165, 1.54) is 5.56 Å². The molecule has 96 valence electrons. The standard InChI is InChI=1S/C14H20N4/c1-3-14(4-6-15-7-5-14)13-17-11-8-10(2)9-16-12(11)18-13/h8-9,15H,3-7H2,1-2H3,(H,16,17,18). The van der Waals surface area contributed by atoms with Crippen molar-refractivity contribution in [2.24, 2.45) is 0 Å². The molecule has 0 radical (unpaired) electrons. The zero-order valence-electron chi connectivity index (χ0n) is 11.1. The van der Waals surface area contributed by atoms with Crippen LogP contribution in [0.1, 0.15) is 37.6 Å². The van der Waals surface area contributed by atoms with Crippen molar-refractivity contribution in [2.75, 3.05) is 13.1 Å². The van der Waals surface area contributed by atoms with E-state index in [1.807, 2.05) is 6.20 Å². The molecule has 1 aliphatic rings. The van der Waals surface area contributed by atoms with Crippen LogP contribution < -0.4 is 5.32 Å². The van der Waals surface area contributed by atoms with Crippen LogP contribution in [0.25, 0.3) is 11.2 Å². The molecule has 0 atom stereocenters. The maximum atomic E-state index is 4.73. The number of imidazole rings is 1. The molecular weight excluding hydrogens is 224 g/mol. The SMILES string of the molecule is CCC1(c2nc3ncc(C)cc3[nH]2)CCNCC1. The van der Waals surface area contributed by atoms with E-state index in [1.54, 1.807) is 0 Å². The third-order valence-electron chi connectivity index (χ3n) is 4.21. The van der Waals surface area contributed by atoms with Gasteiger partial charge < -0.3 is 10.3 Å². The van der Waals surface area contributed by atoms with E-state index in [0.717, 1.165) is 49.3 Å². The van der Waals surface area contributed by atoms with Gasteiger partial charge >= 0.3 is 0 Å². The van der Waals surface area contributed by atoms with Gasteiger partial charge in [-0.15, -0.1) is 0 Å². The quantitative estimate of drug-likeness (QED) is 0.852. The van der Waals surface area contributed by atoms with Crippen molar-refractivity contribution in [3.05, 3.63) is 23.7 Å². The number of rotatable bonds is 2.